The first-order valence-electron chi connectivity index (χ1n) is 9.92. The van der Waals surface area contributed by atoms with Gasteiger partial charge in [-0.1, -0.05) is 24.8 Å². The summed E-state index contributed by atoms with van der Waals surface area (Å²) in [5, 5.41) is 0.754. The molecule has 1 aromatic heterocycles. The molecule has 154 valence electrons. The number of hydrogen-bond donors (Lipinski definition) is 2. The maximum atomic E-state index is 15.5. The Kier molecular flexibility index (Phi) is 4.94. The fraction of sp³-hybridized carbons (Fsp3) is 0.250. The van der Waals surface area contributed by atoms with Gasteiger partial charge < -0.3 is 15.6 Å². The van der Waals surface area contributed by atoms with Crippen molar-refractivity contribution in [2.75, 3.05) is 6.54 Å². The smallest absolute Gasteiger partial charge is 0.246 e. The Morgan fingerprint density at radius 2 is 2.10 bits per heavy atom. The van der Waals surface area contributed by atoms with Crippen LogP contribution in [0.25, 0.3) is 22.0 Å². The van der Waals surface area contributed by atoms with Crippen molar-refractivity contribution in [1.82, 2.24) is 9.88 Å². The van der Waals surface area contributed by atoms with Crippen LogP contribution in [0.2, 0.25) is 0 Å². The summed E-state index contributed by atoms with van der Waals surface area (Å²) >= 11 is 0. The number of nitrogens with two attached hydrogens (primary N) is 1. The Morgan fingerprint density at radius 3 is 2.80 bits per heavy atom. The minimum absolute atomic E-state index is 0.0401. The van der Waals surface area contributed by atoms with Gasteiger partial charge in [0.2, 0.25) is 11.8 Å². The standard InChI is InChI=1S/C24H24FN3O2/c1-4-21(30)28-9-8-15-6-5-7-17(18(15)12-28)23-19(25)10-16(11-20(26)29)24-22(23)13(2)14(3)27-24/h4-7,10,27H,1,8-9,11-12H2,2-3H3,(H2,26,29). The Balaban J connectivity index is 1.98. The molecule has 0 saturated heterocycles. The van der Waals surface area contributed by atoms with E-state index in [-0.39, 0.29) is 12.3 Å². The summed E-state index contributed by atoms with van der Waals surface area (Å²) < 4.78 is 15.5. The largest absolute Gasteiger partial charge is 0.369 e. The van der Waals surface area contributed by atoms with Crippen LogP contribution in [0, 0.1) is 19.7 Å². The van der Waals surface area contributed by atoms with E-state index in [0.717, 1.165) is 38.9 Å². The molecule has 0 unspecified atom stereocenters. The summed E-state index contributed by atoms with van der Waals surface area (Å²) in [6, 6.07) is 7.25. The molecule has 0 fully saturated rings. The van der Waals surface area contributed by atoms with Crippen molar-refractivity contribution in [3.63, 3.8) is 0 Å². The molecule has 2 aromatic carbocycles. The molecule has 3 N–H and O–H groups in total. The highest BCUT2D eigenvalue weighted by Gasteiger charge is 2.26. The van der Waals surface area contributed by atoms with Gasteiger partial charge in [0.1, 0.15) is 5.82 Å². The summed E-state index contributed by atoms with van der Waals surface area (Å²) in [7, 11) is 0. The molecule has 0 radical (unpaired) electrons. The molecule has 0 saturated carbocycles. The molecule has 1 aliphatic rings. The van der Waals surface area contributed by atoms with E-state index in [1.54, 1.807) is 4.90 Å². The van der Waals surface area contributed by atoms with Gasteiger partial charge in [-0.25, -0.2) is 4.39 Å². The normalized spacial score (nSPS) is 13.4. The first-order valence-corrected chi connectivity index (χ1v) is 9.92. The minimum atomic E-state index is -0.510. The number of aryl methyl sites for hydroxylation is 2. The van der Waals surface area contributed by atoms with Crippen molar-refractivity contribution in [1.29, 1.82) is 0 Å². The Morgan fingerprint density at radius 1 is 1.33 bits per heavy atom. The number of primary amides is 1. The van der Waals surface area contributed by atoms with Gasteiger partial charge in [-0.2, -0.15) is 0 Å². The highest BCUT2D eigenvalue weighted by Crippen LogP contribution is 2.40. The Labute approximate surface area is 174 Å². The molecule has 3 aromatic rings. The average molecular weight is 405 g/mol. The zero-order valence-corrected chi connectivity index (χ0v) is 17.1. The predicted octanol–water partition coefficient (Wildman–Crippen LogP) is 3.69. The van der Waals surface area contributed by atoms with Crippen LogP contribution in [0.1, 0.15) is 27.9 Å². The monoisotopic (exact) mass is 405 g/mol. The number of aromatic nitrogens is 1. The molecule has 5 nitrogen and oxygen atoms in total. The third-order valence-electron chi connectivity index (χ3n) is 6.00. The molecule has 2 heterocycles. The fourth-order valence-electron chi connectivity index (χ4n) is 4.41. The SMILES string of the molecule is C=CC(=O)N1CCc2cccc(-c3c(F)cc(CC(N)=O)c4[nH]c(C)c(C)c34)c2C1. The lowest BCUT2D eigenvalue weighted by atomic mass is 9.87. The minimum Gasteiger partial charge on any atom is -0.369 e. The molecule has 0 aliphatic carbocycles. The lowest BCUT2D eigenvalue weighted by Crippen LogP contribution is -2.35. The third-order valence-corrected chi connectivity index (χ3v) is 6.00. The number of carbonyl (C=O) groups is 2. The highest BCUT2D eigenvalue weighted by molar-refractivity contribution is 6.02. The Bertz CT molecular complexity index is 1210. The van der Waals surface area contributed by atoms with Crippen LogP contribution in [0.5, 0.6) is 0 Å². The second-order valence-corrected chi connectivity index (χ2v) is 7.82. The number of H-pyrrole nitrogens is 1. The maximum Gasteiger partial charge on any atom is 0.246 e. The van der Waals surface area contributed by atoms with Crippen LogP contribution in [-0.4, -0.2) is 28.2 Å². The van der Waals surface area contributed by atoms with Crippen molar-refractivity contribution < 1.29 is 14.0 Å². The van der Waals surface area contributed by atoms with Gasteiger partial charge in [-0.15, -0.1) is 0 Å². The molecule has 6 heteroatoms. The van der Waals surface area contributed by atoms with Crippen molar-refractivity contribution in [2.24, 2.45) is 5.73 Å². The van der Waals surface area contributed by atoms with Crippen molar-refractivity contribution in [3.05, 3.63) is 70.7 Å². The number of halogens is 1. The second-order valence-electron chi connectivity index (χ2n) is 7.82. The first kappa shape index (κ1) is 19.9. The molecular weight excluding hydrogens is 381 g/mol. The zero-order chi connectivity index (χ0) is 21.6. The van der Waals surface area contributed by atoms with E-state index in [0.29, 0.717) is 30.6 Å². The maximum absolute atomic E-state index is 15.5. The number of aromatic amines is 1. The summed E-state index contributed by atoms with van der Waals surface area (Å²) in [6.45, 7) is 8.46. The van der Waals surface area contributed by atoms with E-state index in [2.05, 4.69) is 11.6 Å². The number of carbonyl (C=O) groups excluding carboxylic acids is 2. The van der Waals surface area contributed by atoms with Crippen LogP contribution in [0.15, 0.2) is 36.9 Å². The molecule has 0 atom stereocenters. The van der Waals surface area contributed by atoms with Gasteiger partial charge >= 0.3 is 0 Å². The summed E-state index contributed by atoms with van der Waals surface area (Å²) in [4.78, 5) is 28.8. The van der Waals surface area contributed by atoms with Crippen LogP contribution < -0.4 is 5.73 Å². The van der Waals surface area contributed by atoms with Crippen molar-refractivity contribution in [3.8, 4) is 11.1 Å². The van der Waals surface area contributed by atoms with Gasteiger partial charge in [0, 0.05) is 29.7 Å². The lowest BCUT2D eigenvalue weighted by molar-refractivity contribution is -0.126. The van der Waals surface area contributed by atoms with Gasteiger partial charge in [0.05, 0.1) is 11.9 Å². The van der Waals surface area contributed by atoms with Crippen LogP contribution in [-0.2, 0) is 29.0 Å². The molecule has 2 amide bonds. The van der Waals surface area contributed by atoms with Crippen molar-refractivity contribution >= 4 is 22.7 Å². The topological polar surface area (TPSA) is 79.2 Å². The lowest BCUT2D eigenvalue weighted by Gasteiger charge is -2.30. The Hall–Kier alpha value is -3.41. The number of rotatable bonds is 4. The number of nitrogens with one attached hydrogen (secondary N) is 1. The molecule has 4 rings (SSSR count). The van der Waals surface area contributed by atoms with Gasteiger partial charge in [-0.05, 0) is 60.2 Å². The first-order chi connectivity index (χ1) is 14.3. The summed E-state index contributed by atoms with van der Waals surface area (Å²) in [5.41, 5.74) is 11.8. The third kappa shape index (κ3) is 3.18. The fourth-order valence-corrected chi connectivity index (χ4v) is 4.41. The van der Waals surface area contributed by atoms with Gasteiger partial charge in [-0.3, -0.25) is 9.59 Å². The summed E-state index contributed by atoms with van der Waals surface area (Å²) in [5.74, 6) is -1.04. The van der Waals surface area contributed by atoms with E-state index >= 15 is 4.39 Å². The second kappa shape index (κ2) is 7.44. The number of benzene rings is 2. The molecule has 30 heavy (non-hydrogen) atoms. The average Bonchev–Trinajstić information content (AvgIpc) is 3.01. The zero-order valence-electron chi connectivity index (χ0n) is 17.1. The summed E-state index contributed by atoms with van der Waals surface area (Å²) in [6.07, 6.45) is 1.98. The van der Waals surface area contributed by atoms with E-state index < -0.39 is 11.7 Å². The van der Waals surface area contributed by atoms with Crippen LogP contribution >= 0.6 is 0 Å². The van der Waals surface area contributed by atoms with E-state index in [1.165, 1.54) is 12.1 Å². The number of nitrogens with zero attached hydrogens (tertiary/aromatic N) is 1. The molecule has 0 spiro atoms. The van der Waals surface area contributed by atoms with Crippen molar-refractivity contribution in [2.45, 2.75) is 33.2 Å². The molecule has 1 aliphatic heterocycles. The number of hydrogen-bond acceptors (Lipinski definition) is 2. The van der Waals surface area contributed by atoms with Gasteiger partial charge in [0.15, 0.2) is 0 Å². The quantitative estimate of drug-likeness (QED) is 0.650. The predicted molar refractivity (Wildman–Crippen MR) is 115 cm³/mol. The van der Waals surface area contributed by atoms with Gasteiger partial charge in [0.25, 0.3) is 0 Å². The van der Waals surface area contributed by atoms with E-state index in [4.69, 9.17) is 5.73 Å². The molecular formula is C24H24FN3O2. The number of amides is 2. The van der Waals surface area contributed by atoms with E-state index in [9.17, 15) is 9.59 Å². The highest BCUT2D eigenvalue weighted by atomic mass is 19.1. The van der Waals surface area contributed by atoms with Crippen LogP contribution in [0.4, 0.5) is 4.39 Å². The molecule has 0 bridgehead atoms. The number of fused-ring (bicyclic) bond motifs is 2. The van der Waals surface area contributed by atoms with Crippen LogP contribution in [0.3, 0.4) is 0 Å². The van der Waals surface area contributed by atoms with E-state index in [1.807, 2.05) is 32.0 Å².